The van der Waals surface area contributed by atoms with Gasteiger partial charge in [0, 0.05) is 23.5 Å². The number of carbonyl (C=O) groups excluding carboxylic acids is 2. The van der Waals surface area contributed by atoms with Crippen molar-refractivity contribution >= 4 is 51.5 Å². The Bertz CT molecular complexity index is 1370. The number of thioether (sulfide) groups is 1. The Labute approximate surface area is 206 Å². The van der Waals surface area contributed by atoms with E-state index in [1.54, 1.807) is 24.3 Å². The summed E-state index contributed by atoms with van der Waals surface area (Å²) in [6, 6.07) is 8.17. The lowest BCUT2D eigenvalue weighted by Gasteiger charge is -2.22. The predicted octanol–water partition coefficient (Wildman–Crippen LogP) is 4.13. The van der Waals surface area contributed by atoms with E-state index in [4.69, 9.17) is 11.6 Å². The molecule has 2 aromatic carbocycles. The molecule has 0 saturated carbocycles. The molecule has 0 bridgehead atoms. The largest absolute Gasteiger partial charge is 0.416 e. The molecule has 35 heavy (non-hydrogen) atoms. The Balaban J connectivity index is 1.41. The summed E-state index contributed by atoms with van der Waals surface area (Å²) in [7, 11) is 0. The zero-order valence-electron chi connectivity index (χ0n) is 17.9. The van der Waals surface area contributed by atoms with Crippen LogP contribution in [0.3, 0.4) is 0 Å². The maximum atomic E-state index is 13.5. The SMILES string of the molecule is O=C1S/C(=C\c2ccc3c(cnn3Cc3ccc(Cl)cc3C(F)(F)F)c2)C(=O)N1[C@@H]1CNC[C@H]1O. The van der Waals surface area contributed by atoms with Crippen LogP contribution in [0, 0.1) is 0 Å². The summed E-state index contributed by atoms with van der Waals surface area (Å²) in [5.41, 5.74) is 0.463. The molecule has 2 amide bonds. The zero-order valence-corrected chi connectivity index (χ0v) is 19.5. The predicted molar refractivity (Wildman–Crippen MR) is 126 cm³/mol. The molecule has 0 spiro atoms. The Hall–Kier alpha value is -2.86. The molecule has 182 valence electrons. The summed E-state index contributed by atoms with van der Waals surface area (Å²) in [5, 5.41) is 17.5. The molecule has 2 atom stereocenters. The highest BCUT2D eigenvalue weighted by Gasteiger charge is 2.44. The molecule has 2 aliphatic rings. The molecule has 2 saturated heterocycles. The van der Waals surface area contributed by atoms with E-state index in [9.17, 15) is 27.9 Å². The van der Waals surface area contributed by atoms with Gasteiger partial charge in [0.15, 0.2) is 0 Å². The van der Waals surface area contributed by atoms with Gasteiger partial charge in [0.05, 0.1) is 40.9 Å². The number of amides is 2. The van der Waals surface area contributed by atoms with Crippen molar-refractivity contribution in [2.24, 2.45) is 0 Å². The molecule has 7 nitrogen and oxygen atoms in total. The van der Waals surface area contributed by atoms with Gasteiger partial charge in [-0.3, -0.25) is 19.2 Å². The van der Waals surface area contributed by atoms with Crippen molar-refractivity contribution in [3.63, 3.8) is 0 Å². The van der Waals surface area contributed by atoms with E-state index in [2.05, 4.69) is 10.4 Å². The first kappa shape index (κ1) is 23.9. The number of benzene rings is 2. The lowest BCUT2D eigenvalue weighted by atomic mass is 10.1. The monoisotopic (exact) mass is 522 g/mol. The van der Waals surface area contributed by atoms with Crippen LogP contribution in [0.5, 0.6) is 0 Å². The van der Waals surface area contributed by atoms with Gasteiger partial charge >= 0.3 is 6.18 Å². The number of rotatable bonds is 4. The summed E-state index contributed by atoms with van der Waals surface area (Å²) >= 11 is 6.57. The lowest BCUT2D eigenvalue weighted by molar-refractivity contribution is -0.138. The van der Waals surface area contributed by atoms with Gasteiger partial charge in [0.1, 0.15) is 0 Å². The highest BCUT2D eigenvalue weighted by Crippen LogP contribution is 2.36. The van der Waals surface area contributed by atoms with Gasteiger partial charge in [-0.25, -0.2) is 0 Å². The second-order valence-corrected chi connectivity index (χ2v) is 9.69. The van der Waals surface area contributed by atoms with Crippen molar-refractivity contribution in [1.29, 1.82) is 0 Å². The average Bonchev–Trinajstić information content (AvgIpc) is 3.46. The topological polar surface area (TPSA) is 87.5 Å². The number of β-amino-alcohol motifs (C(OH)–C–C–N with tert-alkyl or cyclic N) is 1. The third-order valence-corrected chi connectivity index (χ3v) is 7.09. The number of fused-ring (bicyclic) bond motifs is 1. The molecule has 0 radical (unpaired) electrons. The summed E-state index contributed by atoms with van der Waals surface area (Å²) in [4.78, 5) is 26.6. The van der Waals surface area contributed by atoms with Gasteiger partial charge in [-0.2, -0.15) is 18.3 Å². The van der Waals surface area contributed by atoms with Gasteiger partial charge in [0.2, 0.25) is 0 Å². The smallest absolute Gasteiger partial charge is 0.390 e. The Morgan fingerprint density at radius 2 is 2.00 bits per heavy atom. The second kappa shape index (κ2) is 8.98. The highest BCUT2D eigenvalue weighted by atomic mass is 35.5. The minimum absolute atomic E-state index is 0.000780. The minimum atomic E-state index is -4.55. The van der Waals surface area contributed by atoms with Crippen molar-refractivity contribution in [1.82, 2.24) is 20.0 Å². The fraction of sp³-hybridized carbons (Fsp3) is 0.261. The molecule has 3 aromatic rings. The Morgan fingerprint density at radius 1 is 1.20 bits per heavy atom. The van der Waals surface area contributed by atoms with Crippen molar-refractivity contribution in [3.05, 3.63) is 69.2 Å². The Kier molecular flexibility index (Phi) is 6.12. The van der Waals surface area contributed by atoms with E-state index in [0.29, 0.717) is 29.6 Å². The molecule has 1 aromatic heterocycles. The van der Waals surface area contributed by atoms with Gasteiger partial charge in [-0.1, -0.05) is 23.7 Å². The van der Waals surface area contributed by atoms with Crippen LogP contribution in [-0.2, 0) is 17.5 Å². The molecule has 5 rings (SSSR count). The number of nitrogens with zero attached hydrogens (tertiary/aromatic N) is 3. The molecule has 3 heterocycles. The van der Waals surface area contributed by atoms with Crippen LogP contribution in [0.4, 0.5) is 18.0 Å². The van der Waals surface area contributed by atoms with Crippen molar-refractivity contribution in [2.75, 3.05) is 13.1 Å². The summed E-state index contributed by atoms with van der Waals surface area (Å²) in [6.07, 6.45) is -2.26. The fourth-order valence-electron chi connectivity index (χ4n) is 4.26. The third kappa shape index (κ3) is 4.56. The van der Waals surface area contributed by atoms with Crippen molar-refractivity contribution in [3.8, 4) is 0 Å². The maximum Gasteiger partial charge on any atom is 0.416 e. The van der Waals surface area contributed by atoms with Crippen LogP contribution in [-0.4, -0.2) is 56.2 Å². The van der Waals surface area contributed by atoms with E-state index in [1.807, 2.05) is 0 Å². The number of aromatic nitrogens is 2. The molecular formula is C23H18ClF3N4O3S. The number of aliphatic hydroxyl groups is 1. The van der Waals surface area contributed by atoms with Gasteiger partial charge in [-0.15, -0.1) is 0 Å². The molecule has 0 unspecified atom stereocenters. The molecule has 2 N–H and O–H groups in total. The molecule has 12 heteroatoms. The first-order valence-corrected chi connectivity index (χ1v) is 11.8. The minimum Gasteiger partial charge on any atom is -0.390 e. The summed E-state index contributed by atoms with van der Waals surface area (Å²) in [5.74, 6) is -0.467. The lowest BCUT2D eigenvalue weighted by Crippen LogP contribution is -2.45. The molecule has 2 fully saturated rings. The Morgan fingerprint density at radius 3 is 2.71 bits per heavy atom. The van der Waals surface area contributed by atoms with Crippen LogP contribution < -0.4 is 5.32 Å². The van der Waals surface area contributed by atoms with E-state index in [1.165, 1.54) is 23.0 Å². The molecular weight excluding hydrogens is 505 g/mol. The number of aliphatic hydroxyl groups excluding tert-OH is 1. The number of hydrogen-bond donors (Lipinski definition) is 2. The van der Waals surface area contributed by atoms with Crippen molar-refractivity contribution in [2.45, 2.75) is 24.9 Å². The van der Waals surface area contributed by atoms with Crippen LogP contribution >= 0.6 is 23.4 Å². The second-order valence-electron chi connectivity index (χ2n) is 8.26. The van der Waals surface area contributed by atoms with Crippen LogP contribution in [0.2, 0.25) is 5.02 Å². The first-order chi connectivity index (χ1) is 16.6. The molecule has 0 aliphatic carbocycles. The third-order valence-electron chi connectivity index (χ3n) is 5.97. The van der Waals surface area contributed by atoms with Crippen LogP contribution in [0.15, 0.2) is 47.5 Å². The van der Waals surface area contributed by atoms with Crippen LogP contribution in [0.25, 0.3) is 17.0 Å². The maximum absolute atomic E-state index is 13.5. The average molecular weight is 523 g/mol. The standard InChI is InChI=1S/C23H18ClF3N4O3S/c24-15-3-2-13(16(7-15)23(25,26)27)11-30-17-4-1-12(5-14(17)8-29-30)6-20-21(33)31(22(34)35-20)18-9-28-10-19(18)32/h1-8,18-19,28,32H,9-11H2/b20-6-/t18-,19-/m1/s1. The number of alkyl halides is 3. The summed E-state index contributed by atoms with van der Waals surface area (Å²) < 4.78 is 41.8. The number of nitrogens with one attached hydrogen (secondary N) is 1. The number of imide groups is 1. The number of halogens is 4. The van der Waals surface area contributed by atoms with Gasteiger partial charge in [0.25, 0.3) is 11.1 Å². The fourth-order valence-corrected chi connectivity index (χ4v) is 5.32. The summed E-state index contributed by atoms with van der Waals surface area (Å²) in [6.45, 7) is 0.541. The van der Waals surface area contributed by atoms with E-state index < -0.39 is 35.0 Å². The first-order valence-electron chi connectivity index (χ1n) is 10.6. The normalized spacial score (nSPS) is 22.2. The number of hydrogen-bond acceptors (Lipinski definition) is 6. The van der Waals surface area contributed by atoms with E-state index in [0.717, 1.165) is 22.7 Å². The van der Waals surface area contributed by atoms with Gasteiger partial charge < -0.3 is 10.4 Å². The highest BCUT2D eigenvalue weighted by molar-refractivity contribution is 8.18. The zero-order chi connectivity index (χ0) is 24.9. The van der Waals surface area contributed by atoms with E-state index in [-0.39, 0.29) is 22.0 Å². The van der Waals surface area contributed by atoms with E-state index >= 15 is 0 Å². The van der Waals surface area contributed by atoms with Crippen molar-refractivity contribution < 1.29 is 27.9 Å². The quantitative estimate of drug-likeness (QED) is 0.501. The number of carbonyl (C=O) groups is 2. The van der Waals surface area contributed by atoms with Crippen LogP contribution in [0.1, 0.15) is 16.7 Å². The molecule has 2 aliphatic heterocycles. The van der Waals surface area contributed by atoms with Gasteiger partial charge in [-0.05, 0) is 53.2 Å².